The van der Waals surface area contributed by atoms with Gasteiger partial charge in [-0.2, -0.15) is 5.10 Å². The summed E-state index contributed by atoms with van der Waals surface area (Å²) in [6.07, 6.45) is 3.01. The van der Waals surface area contributed by atoms with Crippen LogP contribution in [0.5, 0.6) is 0 Å². The second kappa shape index (κ2) is 5.30. The van der Waals surface area contributed by atoms with Crippen LogP contribution in [0, 0.1) is 0 Å². The molecular formula is C12H13FN2O2S. The lowest BCUT2D eigenvalue weighted by atomic mass is 10.4. The van der Waals surface area contributed by atoms with Crippen molar-refractivity contribution >= 4 is 9.84 Å². The number of nitrogens with zero attached hydrogens (tertiary/aromatic N) is 2. The average molecular weight is 268 g/mol. The zero-order valence-corrected chi connectivity index (χ0v) is 10.5. The first kappa shape index (κ1) is 12.8. The lowest BCUT2D eigenvalue weighted by molar-refractivity contribution is 0.427. The van der Waals surface area contributed by atoms with E-state index in [1.807, 2.05) is 0 Å². The van der Waals surface area contributed by atoms with Gasteiger partial charge in [-0.3, -0.25) is 4.68 Å². The van der Waals surface area contributed by atoms with Crippen LogP contribution in [-0.2, 0) is 22.1 Å². The summed E-state index contributed by atoms with van der Waals surface area (Å²) in [5.41, 5.74) is 0.562. The Hall–Kier alpha value is -1.69. The van der Waals surface area contributed by atoms with E-state index in [4.69, 9.17) is 0 Å². The lowest BCUT2D eigenvalue weighted by Crippen LogP contribution is -2.04. The van der Waals surface area contributed by atoms with Gasteiger partial charge in [0, 0.05) is 11.8 Å². The van der Waals surface area contributed by atoms with E-state index in [-0.39, 0.29) is 17.2 Å². The first-order valence-corrected chi connectivity index (χ1v) is 7.12. The molecule has 0 aliphatic heterocycles. The highest BCUT2D eigenvalue weighted by Gasteiger charge is 2.15. The van der Waals surface area contributed by atoms with E-state index >= 15 is 0 Å². The number of rotatable bonds is 5. The van der Waals surface area contributed by atoms with E-state index in [1.165, 1.54) is 10.9 Å². The van der Waals surface area contributed by atoms with Crippen molar-refractivity contribution in [3.63, 3.8) is 0 Å². The Morgan fingerprint density at radius 2 is 1.94 bits per heavy atom. The maximum absolute atomic E-state index is 12.1. The van der Waals surface area contributed by atoms with Crippen LogP contribution in [-0.4, -0.2) is 24.9 Å². The van der Waals surface area contributed by atoms with Gasteiger partial charge >= 0.3 is 0 Å². The van der Waals surface area contributed by atoms with Crippen molar-refractivity contribution in [1.29, 1.82) is 0 Å². The van der Waals surface area contributed by atoms with Gasteiger partial charge in [0.15, 0.2) is 9.84 Å². The fourth-order valence-corrected chi connectivity index (χ4v) is 2.95. The quantitative estimate of drug-likeness (QED) is 0.831. The summed E-state index contributed by atoms with van der Waals surface area (Å²) in [6, 6.07) is 8.24. The summed E-state index contributed by atoms with van der Waals surface area (Å²) in [4.78, 5) is 0.281. The monoisotopic (exact) mass is 268 g/mol. The maximum atomic E-state index is 12.1. The highest BCUT2D eigenvalue weighted by atomic mass is 32.2. The van der Waals surface area contributed by atoms with Gasteiger partial charge in [-0.25, -0.2) is 12.8 Å². The molecule has 1 aromatic heterocycles. The molecule has 1 heterocycles. The highest BCUT2D eigenvalue weighted by Crippen LogP contribution is 2.15. The molecule has 0 amide bonds. The molecular weight excluding hydrogens is 255 g/mol. The number of halogens is 1. The van der Waals surface area contributed by atoms with Gasteiger partial charge in [0.2, 0.25) is 0 Å². The molecule has 0 unspecified atom stereocenters. The third-order valence-electron chi connectivity index (χ3n) is 2.46. The van der Waals surface area contributed by atoms with Crippen molar-refractivity contribution in [2.45, 2.75) is 17.2 Å². The third kappa shape index (κ3) is 2.95. The molecule has 0 saturated heterocycles. The second-order valence-electron chi connectivity index (χ2n) is 3.87. The molecule has 0 bridgehead atoms. The van der Waals surface area contributed by atoms with E-state index in [2.05, 4.69) is 5.10 Å². The lowest BCUT2D eigenvalue weighted by Gasteiger charge is -2.01. The molecule has 0 aliphatic rings. The highest BCUT2D eigenvalue weighted by molar-refractivity contribution is 7.90. The molecule has 0 saturated carbocycles. The molecule has 0 spiro atoms. The normalized spacial score (nSPS) is 11.6. The van der Waals surface area contributed by atoms with Crippen molar-refractivity contribution in [2.75, 3.05) is 6.67 Å². The van der Waals surface area contributed by atoms with Crippen LogP contribution in [0.3, 0.4) is 0 Å². The second-order valence-corrected chi connectivity index (χ2v) is 5.86. The van der Waals surface area contributed by atoms with E-state index in [9.17, 15) is 12.8 Å². The molecule has 6 heteroatoms. The number of aromatic nitrogens is 2. The van der Waals surface area contributed by atoms with Gasteiger partial charge < -0.3 is 0 Å². The van der Waals surface area contributed by atoms with Crippen LogP contribution in [0.25, 0.3) is 0 Å². The summed E-state index contributed by atoms with van der Waals surface area (Å²) in [5.74, 6) is -0.122. The molecule has 2 aromatic rings. The number of aryl methyl sites for hydroxylation is 1. The van der Waals surface area contributed by atoms with Crippen LogP contribution in [0.1, 0.15) is 5.56 Å². The number of alkyl halides is 1. The van der Waals surface area contributed by atoms with Crippen molar-refractivity contribution in [2.24, 2.45) is 0 Å². The largest absolute Gasteiger partial charge is 0.270 e. The Bertz CT molecular complexity index is 608. The summed E-state index contributed by atoms with van der Waals surface area (Å²) in [7, 11) is -3.36. The molecule has 0 atom stereocenters. The number of hydrogen-bond acceptors (Lipinski definition) is 3. The minimum atomic E-state index is -3.36. The smallest absolute Gasteiger partial charge is 0.182 e. The van der Waals surface area contributed by atoms with Crippen LogP contribution < -0.4 is 0 Å². The Kier molecular flexibility index (Phi) is 3.76. The molecule has 0 fully saturated rings. The summed E-state index contributed by atoms with van der Waals surface area (Å²) in [5, 5.41) is 3.90. The Morgan fingerprint density at radius 1 is 1.22 bits per heavy atom. The number of sulfone groups is 1. The van der Waals surface area contributed by atoms with Gasteiger partial charge in [0.1, 0.15) is 6.67 Å². The standard InChI is InChI=1S/C12H13FN2O2S/c13-6-7-15-9-11(8-14-15)10-18(16,17)12-4-2-1-3-5-12/h1-5,8-9H,6-7,10H2. The van der Waals surface area contributed by atoms with Gasteiger partial charge in [-0.15, -0.1) is 0 Å². The molecule has 18 heavy (non-hydrogen) atoms. The predicted octanol–water partition coefficient (Wildman–Crippen LogP) is 1.83. The summed E-state index contributed by atoms with van der Waals surface area (Å²) in [6.45, 7) is -0.377. The zero-order chi connectivity index (χ0) is 13.0. The zero-order valence-electron chi connectivity index (χ0n) is 9.66. The van der Waals surface area contributed by atoms with Gasteiger partial charge in [-0.1, -0.05) is 18.2 Å². The van der Waals surface area contributed by atoms with Crippen LogP contribution in [0.2, 0.25) is 0 Å². The Balaban J connectivity index is 2.17. The number of hydrogen-bond donors (Lipinski definition) is 0. The molecule has 2 rings (SSSR count). The van der Waals surface area contributed by atoms with Gasteiger partial charge in [0.25, 0.3) is 0 Å². The van der Waals surface area contributed by atoms with Crippen molar-refractivity contribution < 1.29 is 12.8 Å². The number of benzene rings is 1. The van der Waals surface area contributed by atoms with Crippen LogP contribution >= 0.6 is 0 Å². The van der Waals surface area contributed by atoms with E-state index in [1.54, 1.807) is 36.5 Å². The summed E-state index contributed by atoms with van der Waals surface area (Å²) >= 11 is 0. The maximum Gasteiger partial charge on any atom is 0.182 e. The Morgan fingerprint density at radius 3 is 2.61 bits per heavy atom. The van der Waals surface area contributed by atoms with Gasteiger partial charge in [0.05, 0.1) is 23.4 Å². The van der Waals surface area contributed by atoms with Crippen LogP contribution in [0.15, 0.2) is 47.6 Å². The molecule has 0 N–H and O–H groups in total. The van der Waals surface area contributed by atoms with Crippen molar-refractivity contribution in [3.05, 3.63) is 48.3 Å². The Labute approximate surface area is 105 Å². The van der Waals surface area contributed by atoms with E-state index in [0.717, 1.165) is 0 Å². The third-order valence-corrected chi connectivity index (χ3v) is 4.16. The SMILES string of the molecule is O=S(=O)(Cc1cnn(CCF)c1)c1ccccc1. The van der Waals surface area contributed by atoms with Crippen LogP contribution in [0.4, 0.5) is 4.39 Å². The first-order valence-electron chi connectivity index (χ1n) is 5.47. The fraction of sp³-hybridized carbons (Fsp3) is 0.250. The molecule has 0 aliphatic carbocycles. The minimum Gasteiger partial charge on any atom is -0.270 e. The minimum absolute atomic E-state index is 0.122. The van der Waals surface area contributed by atoms with Crippen molar-refractivity contribution in [3.8, 4) is 0 Å². The molecule has 1 aromatic carbocycles. The van der Waals surface area contributed by atoms with Crippen molar-refractivity contribution in [1.82, 2.24) is 9.78 Å². The summed E-state index contributed by atoms with van der Waals surface area (Å²) < 4.78 is 37.6. The van der Waals surface area contributed by atoms with Gasteiger partial charge in [-0.05, 0) is 12.1 Å². The van der Waals surface area contributed by atoms with E-state index in [0.29, 0.717) is 5.56 Å². The fourth-order valence-electron chi connectivity index (χ4n) is 1.62. The molecule has 96 valence electrons. The average Bonchev–Trinajstić information content (AvgIpc) is 2.77. The van der Waals surface area contributed by atoms with E-state index < -0.39 is 16.5 Å². The molecule has 0 radical (unpaired) electrons. The predicted molar refractivity (Wildman–Crippen MR) is 65.5 cm³/mol. The topological polar surface area (TPSA) is 52.0 Å². The first-order chi connectivity index (χ1) is 8.62. The molecule has 4 nitrogen and oxygen atoms in total.